The number of carbonyl (C=O) groups is 3. The molecule has 222 valence electrons. The van der Waals surface area contributed by atoms with Crippen LogP contribution in [0.2, 0.25) is 0 Å². The van der Waals surface area contributed by atoms with E-state index in [-0.39, 0.29) is 36.1 Å². The van der Waals surface area contributed by atoms with Gasteiger partial charge in [-0.15, -0.1) is 0 Å². The number of anilines is 1. The van der Waals surface area contributed by atoms with E-state index in [0.717, 1.165) is 64.2 Å². The monoisotopic (exact) mass is 578 g/mol. The van der Waals surface area contributed by atoms with Gasteiger partial charge in [-0.05, 0) is 59.7 Å². The number of likely N-dealkylation sites (tertiary alicyclic amines) is 1. The van der Waals surface area contributed by atoms with E-state index in [2.05, 4.69) is 45.5 Å². The highest BCUT2D eigenvalue weighted by atomic mass is 16.2. The smallest absolute Gasteiger partial charge is 0.228 e. The first-order valence-electron chi connectivity index (χ1n) is 15.1. The van der Waals surface area contributed by atoms with Crippen LogP contribution in [0.5, 0.6) is 0 Å². The summed E-state index contributed by atoms with van der Waals surface area (Å²) in [6, 6.07) is 22.1. The third-order valence-electron chi connectivity index (χ3n) is 8.49. The molecule has 2 atom stereocenters. The van der Waals surface area contributed by atoms with Gasteiger partial charge in [-0.3, -0.25) is 14.4 Å². The van der Waals surface area contributed by atoms with Gasteiger partial charge >= 0.3 is 0 Å². The van der Waals surface area contributed by atoms with Gasteiger partial charge < -0.3 is 25.8 Å². The Labute approximate surface area is 251 Å². The molecule has 1 aromatic heterocycles. The van der Waals surface area contributed by atoms with E-state index in [9.17, 15) is 14.4 Å². The molecule has 2 aliphatic rings. The molecular weight excluding hydrogens is 540 g/mol. The van der Waals surface area contributed by atoms with Crippen LogP contribution in [-0.4, -0.2) is 57.8 Å². The maximum atomic E-state index is 13.4. The second kappa shape index (κ2) is 12.4. The molecule has 1 saturated heterocycles. The van der Waals surface area contributed by atoms with Crippen LogP contribution in [0.4, 0.5) is 5.69 Å². The lowest BCUT2D eigenvalue weighted by Crippen LogP contribution is -2.42. The molecule has 0 radical (unpaired) electrons. The van der Waals surface area contributed by atoms with Gasteiger partial charge in [-0.2, -0.15) is 0 Å². The maximum Gasteiger partial charge on any atom is 0.228 e. The summed E-state index contributed by atoms with van der Waals surface area (Å²) in [6.45, 7) is 4.02. The molecule has 9 heteroatoms. The minimum Gasteiger partial charge on any atom is -0.355 e. The van der Waals surface area contributed by atoms with Crippen molar-refractivity contribution in [2.24, 2.45) is 5.73 Å². The fourth-order valence-corrected chi connectivity index (χ4v) is 6.35. The SMILES string of the molecule is CC(=O)NCCn1c([C@@H]2CCCN(C(=O)C[C@H](N)Cc3ccc(-c4ccc5c(c4)NC(=O)C5)cc3)C2)nc2ccccc21. The first kappa shape index (κ1) is 28.6. The number of piperidine rings is 1. The summed E-state index contributed by atoms with van der Waals surface area (Å²) in [5.41, 5.74) is 13.6. The number of nitrogens with zero attached hydrogens (tertiary/aromatic N) is 3. The minimum absolute atomic E-state index is 0.0321. The van der Waals surface area contributed by atoms with E-state index in [0.29, 0.717) is 32.5 Å². The molecule has 3 amide bonds. The standard InChI is InChI=1S/C34H38N6O3/c1-22(41)36-14-16-40-31-7-3-2-6-29(31)38-34(40)27-5-4-15-39(21-27)33(43)20-28(35)17-23-8-10-24(11-9-23)25-12-13-26-19-32(42)37-30(26)18-25/h2-3,6-13,18,27-28H,4-5,14-17,19-21,35H2,1H3,(H,36,41)(H,37,42)/t27-,28-/m1/s1. The second-order valence-electron chi connectivity index (χ2n) is 11.7. The normalized spacial score (nSPS) is 17.0. The number of imidazole rings is 1. The molecule has 2 aliphatic heterocycles. The van der Waals surface area contributed by atoms with Crippen LogP contribution < -0.4 is 16.4 Å². The highest BCUT2D eigenvalue weighted by molar-refractivity contribution is 6.00. The zero-order chi connectivity index (χ0) is 29.9. The van der Waals surface area contributed by atoms with E-state index >= 15 is 0 Å². The highest BCUT2D eigenvalue weighted by Gasteiger charge is 2.29. The predicted octanol–water partition coefficient (Wildman–Crippen LogP) is 4.00. The van der Waals surface area contributed by atoms with Gasteiger partial charge in [-0.1, -0.05) is 48.5 Å². The zero-order valence-corrected chi connectivity index (χ0v) is 24.5. The van der Waals surface area contributed by atoms with Gasteiger partial charge in [0.2, 0.25) is 17.7 Å². The van der Waals surface area contributed by atoms with Gasteiger partial charge in [0.05, 0.1) is 17.5 Å². The summed E-state index contributed by atoms with van der Waals surface area (Å²) >= 11 is 0. The molecule has 3 aromatic carbocycles. The van der Waals surface area contributed by atoms with Crippen molar-refractivity contribution in [3.05, 3.63) is 83.7 Å². The summed E-state index contributed by atoms with van der Waals surface area (Å²) in [6.07, 6.45) is 3.21. The van der Waals surface area contributed by atoms with Crippen LogP contribution in [0.25, 0.3) is 22.2 Å². The van der Waals surface area contributed by atoms with Crippen LogP contribution in [0.3, 0.4) is 0 Å². The average molecular weight is 579 g/mol. The Morgan fingerprint density at radius 1 is 1.09 bits per heavy atom. The second-order valence-corrected chi connectivity index (χ2v) is 11.7. The Bertz CT molecular complexity index is 1660. The van der Waals surface area contributed by atoms with Gasteiger partial charge in [0, 0.05) is 57.2 Å². The Morgan fingerprint density at radius 2 is 1.88 bits per heavy atom. The van der Waals surface area contributed by atoms with Crippen LogP contribution in [-0.2, 0) is 33.8 Å². The molecule has 4 aromatic rings. The fraction of sp³-hybridized carbons (Fsp3) is 0.353. The molecule has 43 heavy (non-hydrogen) atoms. The fourth-order valence-electron chi connectivity index (χ4n) is 6.35. The van der Waals surface area contributed by atoms with E-state index in [1.165, 1.54) is 6.92 Å². The van der Waals surface area contributed by atoms with Crippen molar-refractivity contribution < 1.29 is 14.4 Å². The summed E-state index contributed by atoms with van der Waals surface area (Å²) in [5.74, 6) is 1.15. The number of aromatic nitrogens is 2. The van der Waals surface area contributed by atoms with Crippen molar-refractivity contribution in [2.75, 3.05) is 25.0 Å². The van der Waals surface area contributed by atoms with E-state index in [1.807, 2.05) is 41.3 Å². The molecule has 0 unspecified atom stereocenters. The number of rotatable bonds is 9. The van der Waals surface area contributed by atoms with Crippen LogP contribution >= 0.6 is 0 Å². The van der Waals surface area contributed by atoms with E-state index in [4.69, 9.17) is 10.7 Å². The summed E-state index contributed by atoms with van der Waals surface area (Å²) < 4.78 is 2.19. The van der Waals surface area contributed by atoms with Gasteiger partial charge in [0.1, 0.15) is 5.82 Å². The van der Waals surface area contributed by atoms with Gasteiger partial charge in [0.15, 0.2) is 0 Å². The molecule has 3 heterocycles. The molecular formula is C34H38N6O3. The maximum absolute atomic E-state index is 13.4. The Balaban J connectivity index is 1.07. The Kier molecular flexibility index (Phi) is 8.24. The molecule has 4 N–H and O–H groups in total. The van der Waals surface area contributed by atoms with Crippen molar-refractivity contribution in [1.82, 2.24) is 19.8 Å². The number of fused-ring (bicyclic) bond motifs is 2. The summed E-state index contributed by atoms with van der Waals surface area (Å²) in [7, 11) is 0. The largest absolute Gasteiger partial charge is 0.355 e. The van der Waals surface area contributed by atoms with Crippen LogP contribution in [0.15, 0.2) is 66.7 Å². The van der Waals surface area contributed by atoms with Crippen molar-refractivity contribution in [1.29, 1.82) is 0 Å². The van der Waals surface area contributed by atoms with Crippen molar-refractivity contribution in [2.45, 2.75) is 57.5 Å². The zero-order valence-electron chi connectivity index (χ0n) is 24.5. The number of hydrogen-bond acceptors (Lipinski definition) is 5. The molecule has 0 bridgehead atoms. The van der Waals surface area contributed by atoms with E-state index in [1.54, 1.807) is 0 Å². The quantitative estimate of drug-likeness (QED) is 0.277. The van der Waals surface area contributed by atoms with E-state index < -0.39 is 0 Å². The van der Waals surface area contributed by atoms with Crippen molar-refractivity contribution in [3.8, 4) is 11.1 Å². The predicted molar refractivity (Wildman–Crippen MR) is 167 cm³/mol. The molecule has 0 saturated carbocycles. The lowest BCUT2D eigenvalue weighted by molar-refractivity contribution is -0.132. The number of amides is 3. The van der Waals surface area contributed by atoms with Gasteiger partial charge in [0.25, 0.3) is 0 Å². The lowest BCUT2D eigenvalue weighted by atomic mass is 9.95. The molecule has 0 spiro atoms. The topological polar surface area (TPSA) is 122 Å². The number of nitrogens with one attached hydrogen (secondary N) is 2. The number of hydrogen-bond donors (Lipinski definition) is 3. The first-order valence-corrected chi connectivity index (χ1v) is 15.1. The lowest BCUT2D eigenvalue weighted by Gasteiger charge is -2.33. The third kappa shape index (κ3) is 6.46. The summed E-state index contributed by atoms with van der Waals surface area (Å²) in [4.78, 5) is 43.4. The average Bonchev–Trinajstić information content (AvgIpc) is 3.56. The van der Waals surface area contributed by atoms with Crippen LogP contribution in [0, 0.1) is 0 Å². The van der Waals surface area contributed by atoms with Crippen molar-refractivity contribution in [3.63, 3.8) is 0 Å². The van der Waals surface area contributed by atoms with Crippen molar-refractivity contribution >= 4 is 34.4 Å². The minimum atomic E-state index is -0.281. The Morgan fingerprint density at radius 3 is 2.70 bits per heavy atom. The number of para-hydroxylation sites is 2. The number of nitrogens with two attached hydrogens (primary N) is 1. The van der Waals surface area contributed by atoms with Gasteiger partial charge in [-0.25, -0.2) is 4.98 Å². The Hall–Kier alpha value is -4.50. The summed E-state index contributed by atoms with van der Waals surface area (Å²) in [5, 5.41) is 5.80. The molecule has 9 nitrogen and oxygen atoms in total. The molecule has 0 aliphatic carbocycles. The highest BCUT2D eigenvalue weighted by Crippen LogP contribution is 2.31. The number of carbonyl (C=O) groups excluding carboxylic acids is 3. The molecule has 6 rings (SSSR count). The molecule has 1 fully saturated rings. The van der Waals surface area contributed by atoms with Crippen LogP contribution in [0.1, 0.15) is 49.1 Å². The first-order chi connectivity index (χ1) is 20.8. The third-order valence-corrected chi connectivity index (χ3v) is 8.49. The number of benzene rings is 3.